The lowest BCUT2D eigenvalue weighted by atomic mass is 9.95. The van der Waals surface area contributed by atoms with Gasteiger partial charge in [-0.05, 0) is 18.6 Å². The summed E-state index contributed by atoms with van der Waals surface area (Å²) >= 11 is 0. The molecule has 0 amide bonds. The summed E-state index contributed by atoms with van der Waals surface area (Å²) in [7, 11) is 0. The van der Waals surface area contributed by atoms with Crippen LogP contribution in [0, 0.1) is 12.7 Å². The smallest absolute Gasteiger partial charge is 0.131 e. The van der Waals surface area contributed by atoms with Crippen molar-refractivity contribution in [3.05, 3.63) is 77.2 Å². The zero-order chi connectivity index (χ0) is 14.8. The molecule has 1 atom stereocenters. The molecule has 106 valence electrons. The quantitative estimate of drug-likeness (QED) is 0.572. The van der Waals surface area contributed by atoms with Gasteiger partial charge in [0.1, 0.15) is 5.82 Å². The van der Waals surface area contributed by atoms with Crippen LogP contribution in [0.4, 0.5) is 4.39 Å². The van der Waals surface area contributed by atoms with Crippen molar-refractivity contribution in [1.82, 2.24) is 10.4 Å². The number of benzene rings is 2. The van der Waals surface area contributed by atoms with E-state index in [2.05, 4.69) is 10.4 Å². The first-order valence-corrected chi connectivity index (χ1v) is 6.77. The number of para-hydroxylation sites is 1. The van der Waals surface area contributed by atoms with Crippen LogP contribution in [0.2, 0.25) is 0 Å². The van der Waals surface area contributed by atoms with E-state index in [9.17, 15) is 4.39 Å². The van der Waals surface area contributed by atoms with Crippen LogP contribution in [0.3, 0.4) is 0 Å². The molecule has 0 spiro atoms. The Morgan fingerprint density at radius 3 is 2.57 bits per heavy atom. The Bertz CT molecular complexity index is 781. The van der Waals surface area contributed by atoms with Crippen LogP contribution in [0.25, 0.3) is 10.9 Å². The lowest BCUT2D eigenvalue weighted by Gasteiger charge is -2.19. The monoisotopic (exact) mass is 281 g/mol. The maximum atomic E-state index is 14.4. The number of nitrogens with two attached hydrogens (primary N) is 1. The molecule has 3 nitrogen and oxygen atoms in total. The van der Waals surface area contributed by atoms with Crippen molar-refractivity contribution < 1.29 is 4.39 Å². The number of hydrogen-bond acceptors (Lipinski definition) is 3. The van der Waals surface area contributed by atoms with Crippen molar-refractivity contribution in [3.8, 4) is 0 Å². The van der Waals surface area contributed by atoms with Gasteiger partial charge in [-0.1, -0.05) is 42.5 Å². The van der Waals surface area contributed by atoms with Crippen LogP contribution in [0.5, 0.6) is 0 Å². The number of aryl methyl sites for hydroxylation is 1. The third-order valence-electron chi connectivity index (χ3n) is 3.67. The van der Waals surface area contributed by atoms with Gasteiger partial charge in [0.25, 0.3) is 0 Å². The van der Waals surface area contributed by atoms with Gasteiger partial charge in [-0.3, -0.25) is 10.8 Å². The number of pyridine rings is 1. The third kappa shape index (κ3) is 2.39. The molecule has 0 saturated carbocycles. The normalized spacial score (nSPS) is 12.5. The van der Waals surface area contributed by atoms with Crippen LogP contribution in [-0.2, 0) is 0 Å². The molecular weight excluding hydrogens is 265 g/mol. The number of nitrogens with one attached hydrogen (secondary N) is 1. The molecule has 4 heteroatoms. The SMILES string of the molecule is Cc1cccc(C(NN)c2cccc3cccnc23)c1F. The summed E-state index contributed by atoms with van der Waals surface area (Å²) in [6.45, 7) is 1.74. The van der Waals surface area contributed by atoms with Crippen molar-refractivity contribution in [2.75, 3.05) is 0 Å². The zero-order valence-corrected chi connectivity index (χ0v) is 11.7. The number of nitrogens with zero attached hydrogens (tertiary/aromatic N) is 1. The number of hydrogen-bond donors (Lipinski definition) is 2. The van der Waals surface area contributed by atoms with Crippen LogP contribution >= 0.6 is 0 Å². The number of aromatic nitrogens is 1. The average molecular weight is 281 g/mol. The first-order valence-electron chi connectivity index (χ1n) is 6.77. The standard InChI is InChI=1S/C17H16FN3/c1-11-5-2-8-13(15(11)18)17(21-19)14-9-3-6-12-7-4-10-20-16(12)14/h2-10,17,21H,19H2,1H3. The fourth-order valence-corrected chi connectivity index (χ4v) is 2.60. The van der Waals surface area contributed by atoms with Crippen LogP contribution < -0.4 is 11.3 Å². The van der Waals surface area contributed by atoms with Crippen LogP contribution in [-0.4, -0.2) is 4.98 Å². The highest BCUT2D eigenvalue weighted by molar-refractivity contribution is 5.82. The molecule has 0 saturated heterocycles. The van der Waals surface area contributed by atoms with Crippen LogP contribution in [0.15, 0.2) is 54.7 Å². The third-order valence-corrected chi connectivity index (χ3v) is 3.67. The Labute approximate surface area is 122 Å². The van der Waals surface area contributed by atoms with Gasteiger partial charge in [-0.2, -0.15) is 0 Å². The molecule has 0 radical (unpaired) electrons. The molecular formula is C17H16FN3. The molecule has 2 aromatic carbocycles. The summed E-state index contributed by atoms with van der Waals surface area (Å²) in [5, 5.41) is 1.00. The molecule has 3 rings (SSSR count). The van der Waals surface area contributed by atoms with Gasteiger partial charge in [-0.15, -0.1) is 0 Å². The minimum Gasteiger partial charge on any atom is -0.271 e. The Kier molecular flexibility index (Phi) is 3.64. The average Bonchev–Trinajstić information content (AvgIpc) is 2.52. The maximum absolute atomic E-state index is 14.4. The summed E-state index contributed by atoms with van der Waals surface area (Å²) < 4.78 is 14.4. The highest BCUT2D eigenvalue weighted by atomic mass is 19.1. The van der Waals surface area contributed by atoms with E-state index in [0.29, 0.717) is 11.1 Å². The number of rotatable bonds is 3. The summed E-state index contributed by atoms with van der Waals surface area (Å²) in [5.74, 6) is 5.46. The predicted octanol–water partition coefficient (Wildman–Crippen LogP) is 3.24. The van der Waals surface area contributed by atoms with E-state index in [1.807, 2.05) is 36.4 Å². The fraction of sp³-hybridized carbons (Fsp3) is 0.118. The van der Waals surface area contributed by atoms with Gasteiger partial charge in [0.2, 0.25) is 0 Å². The Hall–Kier alpha value is -2.30. The van der Waals surface area contributed by atoms with Crippen molar-refractivity contribution in [1.29, 1.82) is 0 Å². The molecule has 0 aliphatic carbocycles. The molecule has 21 heavy (non-hydrogen) atoms. The van der Waals surface area contributed by atoms with Crippen molar-refractivity contribution >= 4 is 10.9 Å². The molecule has 1 unspecified atom stereocenters. The molecule has 3 N–H and O–H groups in total. The van der Waals surface area contributed by atoms with Gasteiger partial charge in [-0.25, -0.2) is 9.82 Å². The molecule has 0 aliphatic rings. The second kappa shape index (κ2) is 5.60. The second-order valence-corrected chi connectivity index (χ2v) is 5.00. The van der Waals surface area contributed by atoms with Crippen molar-refractivity contribution in [2.45, 2.75) is 13.0 Å². The Morgan fingerprint density at radius 1 is 1.05 bits per heavy atom. The Morgan fingerprint density at radius 2 is 1.76 bits per heavy atom. The van der Waals surface area contributed by atoms with E-state index in [1.165, 1.54) is 0 Å². The van der Waals surface area contributed by atoms with E-state index >= 15 is 0 Å². The molecule has 1 aromatic heterocycles. The molecule has 0 aliphatic heterocycles. The molecule has 0 fully saturated rings. The van der Waals surface area contributed by atoms with Crippen LogP contribution in [0.1, 0.15) is 22.7 Å². The van der Waals surface area contributed by atoms with E-state index in [-0.39, 0.29) is 5.82 Å². The summed E-state index contributed by atoms with van der Waals surface area (Å²) in [6.07, 6.45) is 1.73. The Balaban J connectivity index is 2.21. The van der Waals surface area contributed by atoms with E-state index in [1.54, 1.807) is 25.3 Å². The summed E-state index contributed by atoms with van der Waals surface area (Å²) in [6, 6.07) is 14.6. The van der Waals surface area contributed by atoms with E-state index in [0.717, 1.165) is 16.5 Å². The molecule has 1 heterocycles. The van der Waals surface area contributed by atoms with E-state index in [4.69, 9.17) is 5.84 Å². The van der Waals surface area contributed by atoms with Gasteiger partial charge in [0, 0.05) is 22.7 Å². The predicted molar refractivity (Wildman–Crippen MR) is 82.0 cm³/mol. The second-order valence-electron chi connectivity index (χ2n) is 5.00. The summed E-state index contributed by atoms with van der Waals surface area (Å²) in [5.41, 5.74) is 5.52. The maximum Gasteiger partial charge on any atom is 0.131 e. The van der Waals surface area contributed by atoms with Gasteiger partial charge in [0.15, 0.2) is 0 Å². The molecule has 0 bridgehead atoms. The zero-order valence-electron chi connectivity index (χ0n) is 11.7. The van der Waals surface area contributed by atoms with Gasteiger partial charge in [0.05, 0.1) is 11.6 Å². The minimum absolute atomic E-state index is 0.242. The lowest BCUT2D eigenvalue weighted by Crippen LogP contribution is -2.30. The van der Waals surface area contributed by atoms with Crippen molar-refractivity contribution in [3.63, 3.8) is 0 Å². The lowest BCUT2D eigenvalue weighted by molar-refractivity contribution is 0.556. The first kappa shape index (κ1) is 13.7. The van der Waals surface area contributed by atoms with Gasteiger partial charge >= 0.3 is 0 Å². The largest absolute Gasteiger partial charge is 0.271 e. The first-order chi connectivity index (χ1) is 10.2. The fourth-order valence-electron chi connectivity index (χ4n) is 2.60. The van der Waals surface area contributed by atoms with Crippen molar-refractivity contribution in [2.24, 2.45) is 5.84 Å². The minimum atomic E-state index is -0.441. The highest BCUT2D eigenvalue weighted by Gasteiger charge is 2.20. The number of fused-ring (bicyclic) bond motifs is 1. The molecule has 3 aromatic rings. The highest BCUT2D eigenvalue weighted by Crippen LogP contribution is 2.29. The summed E-state index contributed by atoms with van der Waals surface area (Å²) in [4.78, 5) is 4.41. The number of halogens is 1. The topological polar surface area (TPSA) is 50.9 Å². The number of hydrazine groups is 1. The van der Waals surface area contributed by atoms with E-state index < -0.39 is 6.04 Å². The van der Waals surface area contributed by atoms with Gasteiger partial charge < -0.3 is 0 Å².